The van der Waals surface area contributed by atoms with Crippen LogP contribution in [-0.4, -0.2) is 12.5 Å². The third-order valence-corrected chi connectivity index (χ3v) is 1.85. The maximum atomic E-state index is 12.1. The van der Waals surface area contributed by atoms with Crippen molar-refractivity contribution < 1.29 is 8.78 Å². The Morgan fingerprint density at radius 1 is 1.62 bits per heavy atom. The highest BCUT2D eigenvalue weighted by Crippen LogP contribution is 2.53. The first-order valence-electron chi connectivity index (χ1n) is 2.68. The number of rotatable bonds is 1. The van der Waals surface area contributed by atoms with Crippen molar-refractivity contribution in [3.63, 3.8) is 0 Å². The van der Waals surface area contributed by atoms with Crippen molar-refractivity contribution in [2.45, 2.75) is 12.8 Å². The van der Waals surface area contributed by atoms with Gasteiger partial charge in [0, 0.05) is 18.4 Å². The molecule has 0 aromatic carbocycles. The largest absolute Gasteiger partial charge is 0.330 e. The number of alkyl halides is 2. The normalized spacial score (nSPS) is 42.0. The van der Waals surface area contributed by atoms with Gasteiger partial charge in [-0.15, -0.1) is 0 Å². The summed E-state index contributed by atoms with van der Waals surface area (Å²) in [5, 5.41) is 0. The molecule has 1 nitrogen and oxygen atoms in total. The van der Waals surface area contributed by atoms with Crippen LogP contribution in [0, 0.1) is 11.8 Å². The average molecular weight is 121 g/mol. The lowest BCUT2D eigenvalue weighted by molar-refractivity contribution is 0.0878. The van der Waals surface area contributed by atoms with E-state index in [-0.39, 0.29) is 6.54 Å². The fraction of sp³-hybridized carbons (Fsp3) is 1.00. The highest BCUT2D eigenvalue weighted by atomic mass is 19.3. The molecule has 8 heavy (non-hydrogen) atoms. The summed E-state index contributed by atoms with van der Waals surface area (Å²) in [6, 6.07) is 0. The molecule has 2 atom stereocenters. The van der Waals surface area contributed by atoms with Gasteiger partial charge in [-0.3, -0.25) is 0 Å². The third kappa shape index (κ3) is 0.540. The van der Waals surface area contributed by atoms with Crippen LogP contribution in [-0.2, 0) is 0 Å². The molecule has 0 heterocycles. The average Bonchev–Trinajstić information content (AvgIpc) is 2.09. The molecule has 0 aromatic rings. The molecule has 1 fully saturated rings. The number of nitrogens with two attached hydrogens (primary N) is 1. The zero-order valence-corrected chi connectivity index (χ0v) is 4.70. The van der Waals surface area contributed by atoms with Crippen molar-refractivity contribution >= 4 is 0 Å². The Morgan fingerprint density at radius 3 is 2.00 bits per heavy atom. The van der Waals surface area contributed by atoms with Crippen LogP contribution in [0.15, 0.2) is 0 Å². The Balaban J connectivity index is 2.45. The Morgan fingerprint density at radius 2 is 2.00 bits per heavy atom. The molecule has 1 rings (SSSR count). The highest BCUT2D eigenvalue weighted by Gasteiger charge is 2.64. The van der Waals surface area contributed by atoms with Gasteiger partial charge in [-0.2, -0.15) is 0 Å². The van der Waals surface area contributed by atoms with Gasteiger partial charge >= 0.3 is 0 Å². The van der Waals surface area contributed by atoms with E-state index in [1.807, 2.05) is 0 Å². The fourth-order valence-electron chi connectivity index (χ4n) is 0.921. The molecule has 0 amide bonds. The first-order valence-corrected chi connectivity index (χ1v) is 2.68. The lowest BCUT2D eigenvalue weighted by Gasteiger charge is -1.87. The van der Waals surface area contributed by atoms with Crippen LogP contribution in [0.3, 0.4) is 0 Å². The van der Waals surface area contributed by atoms with Crippen molar-refractivity contribution in [2.24, 2.45) is 17.6 Å². The van der Waals surface area contributed by atoms with E-state index in [1.54, 1.807) is 0 Å². The second-order valence-electron chi connectivity index (χ2n) is 2.31. The summed E-state index contributed by atoms with van der Waals surface area (Å²) in [6.07, 6.45) is 0. The molecule has 0 aliphatic heterocycles. The molecule has 0 saturated heterocycles. The number of hydrogen-bond donors (Lipinski definition) is 1. The predicted octanol–water partition coefficient (Wildman–Crippen LogP) is 0.846. The van der Waals surface area contributed by atoms with Crippen LogP contribution in [0.1, 0.15) is 6.92 Å². The van der Waals surface area contributed by atoms with Crippen LogP contribution in [0.2, 0.25) is 0 Å². The van der Waals surface area contributed by atoms with Crippen LogP contribution < -0.4 is 5.73 Å². The molecule has 0 radical (unpaired) electrons. The fourth-order valence-corrected chi connectivity index (χ4v) is 0.921. The maximum absolute atomic E-state index is 12.1. The van der Waals surface area contributed by atoms with E-state index >= 15 is 0 Å². The number of halogens is 2. The van der Waals surface area contributed by atoms with Crippen molar-refractivity contribution in [3.05, 3.63) is 0 Å². The van der Waals surface area contributed by atoms with E-state index in [9.17, 15) is 8.78 Å². The minimum atomic E-state index is -2.45. The van der Waals surface area contributed by atoms with E-state index in [1.165, 1.54) is 6.92 Å². The molecular formula is C5H9F2N. The van der Waals surface area contributed by atoms with Gasteiger partial charge in [0.05, 0.1) is 0 Å². The smallest absolute Gasteiger partial charge is 0.255 e. The maximum Gasteiger partial charge on any atom is 0.255 e. The zero-order valence-electron chi connectivity index (χ0n) is 4.70. The van der Waals surface area contributed by atoms with Crippen LogP contribution in [0.25, 0.3) is 0 Å². The van der Waals surface area contributed by atoms with E-state index in [4.69, 9.17) is 5.73 Å². The van der Waals surface area contributed by atoms with Gasteiger partial charge in [0.1, 0.15) is 0 Å². The summed E-state index contributed by atoms with van der Waals surface area (Å²) in [5.74, 6) is -3.47. The van der Waals surface area contributed by atoms with Crippen LogP contribution in [0.4, 0.5) is 8.78 Å². The topological polar surface area (TPSA) is 26.0 Å². The quantitative estimate of drug-likeness (QED) is 0.546. The van der Waals surface area contributed by atoms with Crippen LogP contribution >= 0.6 is 0 Å². The lowest BCUT2D eigenvalue weighted by atomic mass is 10.3. The van der Waals surface area contributed by atoms with E-state index < -0.39 is 17.8 Å². The Bertz CT molecular complexity index is 103. The van der Waals surface area contributed by atoms with Gasteiger partial charge in [0.2, 0.25) is 0 Å². The van der Waals surface area contributed by atoms with Gasteiger partial charge in [-0.05, 0) is 0 Å². The molecular weight excluding hydrogens is 112 g/mol. The van der Waals surface area contributed by atoms with E-state index in [0.29, 0.717) is 0 Å². The molecule has 1 aliphatic rings. The molecule has 0 aromatic heterocycles. The second-order valence-corrected chi connectivity index (χ2v) is 2.31. The number of hydrogen-bond acceptors (Lipinski definition) is 1. The Kier molecular flexibility index (Phi) is 1.05. The summed E-state index contributed by atoms with van der Waals surface area (Å²) in [4.78, 5) is 0. The van der Waals surface area contributed by atoms with Gasteiger partial charge in [0.15, 0.2) is 0 Å². The first-order chi connectivity index (χ1) is 3.60. The second kappa shape index (κ2) is 1.41. The van der Waals surface area contributed by atoms with Gasteiger partial charge in [-0.25, -0.2) is 8.78 Å². The molecule has 48 valence electrons. The molecule has 0 spiro atoms. The zero-order chi connectivity index (χ0) is 6.36. The molecule has 2 unspecified atom stereocenters. The van der Waals surface area contributed by atoms with E-state index in [0.717, 1.165) is 0 Å². The van der Waals surface area contributed by atoms with E-state index in [2.05, 4.69) is 0 Å². The van der Waals surface area contributed by atoms with Crippen molar-refractivity contribution in [3.8, 4) is 0 Å². The SMILES string of the molecule is CC1C(CN)C1(F)F. The standard InChI is InChI=1S/C5H9F2N/c1-3-4(2-8)5(3,6)7/h3-4H,2,8H2,1H3. The summed E-state index contributed by atoms with van der Waals surface area (Å²) in [5.41, 5.74) is 5.02. The van der Waals surface area contributed by atoms with Gasteiger partial charge in [0.25, 0.3) is 5.92 Å². The third-order valence-electron chi connectivity index (χ3n) is 1.85. The van der Waals surface area contributed by atoms with Crippen LogP contribution in [0.5, 0.6) is 0 Å². The minimum absolute atomic E-state index is 0.119. The summed E-state index contributed by atoms with van der Waals surface area (Å²) in [7, 11) is 0. The molecule has 3 heteroatoms. The summed E-state index contributed by atoms with van der Waals surface area (Å²) >= 11 is 0. The lowest BCUT2D eigenvalue weighted by Crippen LogP contribution is -2.06. The molecule has 1 aliphatic carbocycles. The minimum Gasteiger partial charge on any atom is -0.330 e. The Hall–Kier alpha value is -0.180. The molecule has 0 bridgehead atoms. The first kappa shape index (κ1) is 5.95. The Labute approximate surface area is 46.9 Å². The molecule has 1 saturated carbocycles. The highest BCUT2D eigenvalue weighted by molar-refractivity contribution is 5.02. The predicted molar refractivity (Wildman–Crippen MR) is 26.7 cm³/mol. The van der Waals surface area contributed by atoms with Crippen molar-refractivity contribution in [1.82, 2.24) is 0 Å². The monoisotopic (exact) mass is 121 g/mol. The van der Waals surface area contributed by atoms with Crippen molar-refractivity contribution in [1.29, 1.82) is 0 Å². The van der Waals surface area contributed by atoms with Gasteiger partial charge < -0.3 is 5.73 Å². The van der Waals surface area contributed by atoms with Gasteiger partial charge in [-0.1, -0.05) is 6.92 Å². The molecule has 2 N–H and O–H groups in total. The summed E-state index contributed by atoms with van der Waals surface area (Å²) in [6.45, 7) is 1.64. The summed E-state index contributed by atoms with van der Waals surface area (Å²) < 4.78 is 24.2. The van der Waals surface area contributed by atoms with Crippen molar-refractivity contribution in [2.75, 3.05) is 6.54 Å².